The fourth-order valence-corrected chi connectivity index (χ4v) is 3.24. The number of rotatable bonds is 6. The van der Waals surface area contributed by atoms with Gasteiger partial charge in [0.1, 0.15) is 11.2 Å². The molecular formula is C20H36N2O6. The fraction of sp³-hybridized carbons (Fsp3) is 0.850. The van der Waals surface area contributed by atoms with Crippen molar-refractivity contribution in [3.8, 4) is 0 Å². The minimum absolute atomic E-state index is 0.0275. The van der Waals surface area contributed by atoms with Crippen LogP contribution in [0.4, 0.5) is 9.59 Å². The van der Waals surface area contributed by atoms with E-state index in [1.807, 2.05) is 20.8 Å². The second kappa shape index (κ2) is 9.98. The lowest BCUT2D eigenvalue weighted by Crippen LogP contribution is -2.48. The first kappa shape index (κ1) is 24.0. The van der Waals surface area contributed by atoms with Crippen LogP contribution >= 0.6 is 0 Å². The highest BCUT2D eigenvalue weighted by Gasteiger charge is 2.32. The summed E-state index contributed by atoms with van der Waals surface area (Å²) < 4.78 is 10.7. The van der Waals surface area contributed by atoms with Gasteiger partial charge in [0.25, 0.3) is 0 Å². The molecule has 1 saturated carbocycles. The number of aliphatic carboxylic acids is 1. The Morgan fingerprint density at radius 2 is 1.50 bits per heavy atom. The predicted octanol–water partition coefficient (Wildman–Crippen LogP) is 3.78. The van der Waals surface area contributed by atoms with Gasteiger partial charge < -0.3 is 24.8 Å². The van der Waals surface area contributed by atoms with Crippen molar-refractivity contribution in [3.05, 3.63) is 0 Å². The molecule has 0 aromatic rings. The van der Waals surface area contributed by atoms with Crippen molar-refractivity contribution >= 4 is 18.2 Å². The molecule has 1 rings (SSSR count). The number of carboxylic acid groups (broad SMARTS) is 1. The lowest BCUT2D eigenvalue weighted by molar-refractivity contribution is -0.138. The highest BCUT2D eigenvalue weighted by atomic mass is 16.6. The van der Waals surface area contributed by atoms with Crippen molar-refractivity contribution in [1.29, 1.82) is 0 Å². The maximum absolute atomic E-state index is 12.7. The number of carbonyl (C=O) groups excluding carboxylic acids is 2. The fourth-order valence-electron chi connectivity index (χ4n) is 3.24. The van der Waals surface area contributed by atoms with E-state index in [1.165, 1.54) is 0 Å². The van der Waals surface area contributed by atoms with E-state index in [-0.39, 0.29) is 24.9 Å². The van der Waals surface area contributed by atoms with Gasteiger partial charge in [0.15, 0.2) is 0 Å². The quantitative estimate of drug-likeness (QED) is 0.703. The summed E-state index contributed by atoms with van der Waals surface area (Å²) in [6.07, 6.45) is 2.19. The number of nitrogens with one attached hydrogen (secondary N) is 1. The van der Waals surface area contributed by atoms with Crippen LogP contribution in [0.25, 0.3) is 0 Å². The zero-order chi connectivity index (χ0) is 21.5. The standard InChI is InChI=1S/C20H36N2O6/c1-19(2,3)27-17(25)21-11-12-22(18(26)28-20(4,5)6)15-9-7-14(8-10-15)13-16(23)24/h14-15H,7-13H2,1-6H3,(H,21,25)(H,23,24)/t14-,15-. The molecule has 0 radical (unpaired) electrons. The highest BCUT2D eigenvalue weighted by Crippen LogP contribution is 2.30. The van der Waals surface area contributed by atoms with E-state index in [4.69, 9.17) is 14.6 Å². The maximum atomic E-state index is 12.7. The van der Waals surface area contributed by atoms with Gasteiger partial charge in [0, 0.05) is 25.6 Å². The topological polar surface area (TPSA) is 105 Å². The molecule has 1 aliphatic carbocycles. The average molecular weight is 401 g/mol. The normalized spacial score (nSPS) is 20.2. The van der Waals surface area contributed by atoms with E-state index in [2.05, 4.69) is 5.32 Å². The molecule has 162 valence electrons. The molecule has 1 fully saturated rings. The Balaban J connectivity index is 2.66. The van der Waals surface area contributed by atoms with Crippen LogP contribution in [0.15, 0.2) is 0 Å². The molecule has 2 amide bonds. The van der Waals surface area contributed by atoms with Crippen molar-refractivity contribution in [2.75, 3.05) is 13.1 Å². The summed E-state index contributed by atoms with van der Waals surface area (Å²) in [5.74, 6) is -0.636. The third-order valence-electron chi connectivity index (χ3n) is 4.37. The second-order valence-corrected chi connectivity index (χ2v) is 9.37. The molecule has 0 aromatic heterocycles. The Hall–Kier alpha value is -1.99. The van der Waals surface area contributed by atoms with Gasteiger partial charge in [-0.2, -0.15) is 0 Å². The number of carboxylic acids is 1. The molecule has 0 atom stereocenters. The molecule has 28 heavy (non-hydrogen) atoms. The number of hydrogen-bond donors (Lipinski definition) is 2. The molecule has 1 aliphatic rings. The van der Waals surface area contributed by atoms with Crippen LogP contribution in [0, 0.1) is 5.92 Å². The van der Waals surface area contributed by atoms with Crippen LogP contribution in [0.1, 0.15) is 73.6 Å². The molecule has 0 unspecified atom stereocenters. The molecule has 2 N–H and O–H groups in total. The van der Waals surface area contributed by atoms with Crippen molar-refractivity contribution in [2.24, 2.45) is 5.92 Å². The van der Waals surface area contributed by atoms with Gasteiger partial charge in [-0.05, 0) is 73.1 Å². The smallest absolute Gasteiger partial charge is 0.410 e. The van der Waals surface area contributed by atoms with Crippen LogP contribution in [0.5, 0.6) is 0 Å². The summed E-state index contributed by atoms with van der Waals surface area (Å²) in [5.41, 5.74) is -1.20. The molecule has 0 heterocycles. The van der Waals surface area contributed by atoms with Crippen molar-refractivity contribution in [1.82, 2.24) is 10.2 Å². The van der Waals surface area contributed by atoms with Gasteiger partial charge in [-0.1, -0.05) is 0 Å². The van der Waals surface area contributed by atoms with Crippen molar-refractivity contribution < 1.29 is 29.0 Å². The monoisotopic (exact) mass is 400 g/mol. The van der Waals surface area contributed by atoms with Gasteiger partial charge in [-0.15, -0.1) is 0 Å². The Kier molecular flexibility index (Phi) is 8.57. The van der Waals surface area contributed by atoms with Crippen LogP contribution < -0.4 is 5.32 Å². The molecule has 0 bridgehead atoms. The van der Waals surface area contributed by atoms with Crippen LogP contribution in [0.3, 0.4) is 0 Å². The second-order valence-electron chi connectivity index (χ2n) is 9.37. The van der Waals surface area contributed by atoms with Crippen LogP contribution in [-0.4, -0.2) is 58.5 Å². The Labute approximate surface area is 167 Å². The number of nitrogens with zero attached hydrogens (tertiary/aromatic N) is 1. The zero-order valence-electron chi connectivity index (χ0n) is 18.0. The van der Waals surface area contributed by atoms with E-state index in [0.717, 1.165) is 25.7 Å². The first-order valence-electron chi connectivity index (χ1n) is 9.95. The summed E-state index contributed by atoms with van der Waals surface area (Å²) in [6, 6.07) is -0.0275. The average Bonchev–Trinajstić information content (AvgIpc) is 2.48. The predicted molar refractivity (Wildman–Crippen MR) is 105 cm³/mol. The minimum atomic E-state index is -0.783. The summed E-state index contributed by atoms with van der Waals surface area (Å²) in [4.78, 5) is 37.1. The molecule has 8 nitrogen and oxygen atoms in total. The molecule has 0 aromatic carbocycles. The molecule has 0 aliphatic heterocycles. The van der Waals surface area contributed by atoms with E-state index in [1.54, 1.807) is 25.7 Å². The summed E-state index contributed by atoms with van der Waals surface area (Å²) >= 11 is 0. The Morgan fingerprint density at radius 1 is 0.964 bits per heavy atom. The molecular weight excluding hydrogens is 364 g/mol. The van der Waals surface area contributed by atoms with Crippen LogP contribution in [0.2, 0.25) is 0 Å². The number of ether oxygens (including phenoxy) is 2. The van der Waals surface area contributed by atoms with Gasteiger partial charge >= 0.3 is 18.2 Å². The van der Waals surface area contributed by atoms with Gasteiger partial charge in [0.05, 0.1) is 0 Å². The lowest BCUT2D eigenvalue weighted by atomic mass is 9.83. The Morgan fingerprint density at radius 3 is 1.96 bits per heavy atom. The maximum Gasteiger partial charge on any atom is 0.410 e. The van der Waals surface area contributed by atoms with Crippen molar-refractivity contribution in [3.63, 3.8) is 0 Å². The molecule has 0 spiro atoms. The highest BCUT2D eigenvalue weighted by molar-refractivity contribution is 5.69. The third-order valence-corrected chi connectivity index (χ3v) is 4.37. The minimum Gasteiger partial charge on any atom is -0.481 e. The molecule has 8 heteroatoms. The largest absolute Gasteiger partial charge is 0.481 e. The van der Waals surface area contributed by atoms with Crippen molar-refractivity contribution in [2.45, 2.75) is 90.9 Å². The summed E-state index contributed by atoms with van der Waals surface area (Å²) in [5, 5.41) is 11.6. The van der Waals surface area contributed by atoms with E-state index in [9.17, 15) is 14.4 Å². The number of amides is 2. The lowest BCUT2D eigenvalue weighted by Gasteiger charge is -2.37. The first-order valence-corrected chi connectivity index (χ1v) is 9.95. The number of alkyl carbamates (subject to hydrolysis) is 1. The number of hydrogen-bond acceptors (Lipinski definition) is 5. The zero-order valence-corrected chi connectivity index (χ0v) is 18.0. The Bertz CT molecular complexity index is 542. The summed E-state index contributed by atoms with van der Waals surface area (Å²) in [6.45, 7) is 11.4. The molecule has 0 saturated heterocycles. The van der Waals surface area contributed by atoms with E-state index < -0.39 is 29.4 Å². The third kappa shape index (κ3) is 9.80. The van der Waals surface area contributed by atoms with E-state index >= 15 is 0 Å². The number of carbonyl (C=O) groups is 3. The SMILES string of the molecule is CC(C)(C)OC(=O)NCCN(C(=O)OC(C)(C)C)[C@H]1CC[C@H](CC(=O)O)CC1. The van der Waals surface area contributed by atoms with Gasteiger partial charge in [-0.3, -0.25) is 4.79 Å². The summed E-state index contributed by atoms with van der Waals surface area (Å²) in [7, 11) is 0. The van der Waals surface area contributed by atoms with Crippen LogP contribution in [-0.2, 0) is 14.3 Å². The van der Waals surface area contributed by atoms with Gasteiger partial charge in [-0.25, -0.2) is 9.59 Å². The van der Waals surface area contributed by atoms with E-state index in [0.29, 0.717) is 6.54 Å². The van der Waals surface area contributed by atoms with Gasteiger partial charge in [0.2, 0.25) is 0 Å². The first-order chi connectivity index (χ1) is 12.8.